The minimum absolute atomic E-state index is 0.0740. The summed E-state index contributed by atoms with van der Waals surface area (Å²) < 4.78 is 38.3. The smallest absolute Gasteiger partial charge is 0.338 e. The van der Waals surface area contributed by atoms with Gasteiger partial charge in [-0.1, -0.05) is 18.2 Å². The third kappa shape index (κ3) is 4.22. The van der Waals surface area contributed by atoms with Crippen LogP contribution in [0.15, 0.2) is 48.5 Å². The molecule has 0 radical (unpaired) electrons. The van der Waals surface area contributed by atoms with Crippen LogP contribution in [0.3, 0.4) is 0 Å². The van der Waals surface area contributed by atoms with Crippen molar-refractivity contribution in [3.05, 3.63) is 65.2 Å². The van der Waals surface area contributed by atoms with Crippen molar-refractivity contribution in [3.8, 4) is 0 Å². The maximum atomic E-state index is 12.8. The molecular weight excluding hydrogens is 345 g/mol. The molecule has 136 valence electrons. The van der Waals surface area contributed by atoms with Gasteiger partial charge in [-0.3, -0.25) is 9.59 Å². The Balaban J connectivity index is 1.72. The van der Waals surface area contributed by atoms with Gasteiger partial charge in [0.15, 0.2) is 0 Å². The Hall–Kier alpha value is -2.83. The SMILES string of the molecule is O=C(Nc1cccc(C(F)(F)F)c1)c1cccc(CN2CCCC2=O)c1. The first-order valence-electron chi connectivity index (χ1n) is 8.18. The summed E-state index contributed by atoms with van der Waals surface area (Å²) in [5.41, 5.74) is 0.380. The molecule has 0 aromatic heterocycles. The van der Waals surface area contributed by atoms with Crippen molar-refractivity contribution in [2.24, 2.45) is 0 Å². The normalized spacial score (nSPS) is 14.6. The molecule has 2 amide bonds. The van der Waals surface area contributed by atoms with E-state index >= 15 is 0 Å². The van der Waals surface area contributed by atoms with Crippen LogP contribution in [0.2, 0.25) is 0 Å². The van der Waals surface area contributed by atoms with Crippen LogP contribution in [0.1, 0.15) is 34.3 Å². The van der Waals surface area contributed by atoms with Crippen molar-refractivity contribution in [3.63, 3.8) is 0 Å². The molecular formula is C19H17F3N2O2. The molecule has 0 spiro atoms. The number of nitrogens with zero attached hydrogens (tertiary/aromatic N) is 1. The van der Waals surface area contributed by atoms with Crippen LogP contribution in [0.5, 0.6) is 0 Å². The number of rotatable bonds is 4. The molecule has 1 aliphatic heterocycles. The van der Waals surface area contributed by atoms with Gasteiger partial charge in [0.2, 0.25) is 5.91 Å². The fourth-order valence-corrected chi connectivity index (χ4v) is 2.88. The molecule has 0 unspecified atom stereocenters. The zero-order valence-electron chi connectivity index (χ0n) is 13.8. The molecule has 0 saturated carbocycles. The number of hydrogen-bond acceptors (Lipinski definition) is 2. The summed E-state index contributed by atoms with van der Waals surface area (Å²) >= 11 is 0. The zero-order chi connectivity index (χ0) is 18.7. The lowest BCUT2D eigenvalue weighted by Gasteiger charge is -2.16. The van der Waals surface area contributed by atoms with Gasteiger partial charge in [-0.05, 0) is 42.3 Å². The highest BCUT2D eigenvalue weighted by Gasteiger charge is 2.30. The van der Waals surface area contributed by atoms with E-state index in [4.69, 9.17) is 0 Å². The first kappa shape index (κ1) is 18.0. The van der Waals surface area contributed by atoms with Crippen LogP contribution in [-0.2, 0) is 17.5 Å². The number of alkyl halides is 3. The van der Waals surface area contributed by atoms with Crippen LogP contribution in [0.4, 0.5) is 18.9 Å². The first-order chi connectivity index (χ1) is 12.3. The molecule has 1 N–H and O–H groups in total. The Bertz CT molecular complexity index is 834. The van der Waals surface area contributed by atoms with E-state index in [2.05, 4.69) is 5.32 Å². The number of likely N-dealkylation sites (tertiary alicyclic amines) is 1. The summed E-state index contributed by atoms with van der Waals surface area (Å²) in [5.74, 6) is -0.414. The monoisotopic (exact) mass is 362 g/mol. The summed E-state index contributed by atoms with van der Waals surface area (Å²) in [6.45, 7) is 1.11. The highest BCUT2D eigenvalue weighted by Crippen LogP contribution is 2.30. The number of hydrogen-bond donors (Lipinski definition) is 1. The van der Waals surface area contributed by atoms with Gasteiger partial charge >= 0.3 is 6.18 Å². The molecule has 0 atom stereocenters. The van der Waals surface area contributed by atoms with E-state index in [9.17, 15) is 22.8 Å². The molecule has 2 aromatic carbocycles. The van der Waals surface area contributed by atoms with Gasteiger partial charge in [0.25, 0.3) is 5.91 Å². The van der Waals surface area contributed by atoms with Crippen molar-refractivity contribution in [2.45, 2.75) is 25.6 Å². The van der Waals surface area contributed by atoms with Crippen LogP contribution in [0.25, 0.3) is 0 Å². The van der Waals surface area contributed by atoms with E-state index in [1.165, 1.54) is 12.1 Å². The summed E-state index contributed by atoms with van der Waals surface area (Å²) in [6.07, 6.45) is -3.10. The van der Waals surface area contributed by atoms with Crippen molar-refractivity contribution in [1.29, 1.82) is 0 Å². The number of benzene rings is 2. The number of anilines is 1. The minimum atomic E-state index is -4.47. The third-order valence-corrected chi connectivity index (χ3v) is 4.18. The molecule has 1 fully saturated rings. The topological polar surface area (TPSA) is 49.4 Å². The quantitative estimate of drug-likeness (QED) is 0.891. The lowest BCUT2D eigenvalue weighted by molar-refractivity contribution is -0.137. The highest BCUT2D eigenvalue weighted by molar-refractivity contribution is 6.04. The molecule has 3 rings (SSSR count). The van der Waals surface area contributed by atoms with Gasteiger partial charge in [-0.15, -0.1) is 0 Å². The molecule has 0 bridgehead atoms. The van der Waals surface area contributed by atoms with Gasteiger partial charge in [-0.2, -0.15) is 13.2 Å². The van der Waals surface area contributed by atoms with Crippen molar-refractivity contribution in [1.82, 2.24) is 4.90 Å². The minimum Gasteiger partial charge on any atom is -0.338 e. The predicted molar refractivity (Wildman–Crippen MR) is 90.5 cm³/mol. The second-order valence-electron chi connectivity index (χ2n) is 6.15. The van der Waals surface area contributed by atoms with Crippen molar-refractivity contribution in [2.75, 3.05) is 11.9 Å². The molecule has 0 aliphatic carbocycles. The molecule has 26 heavy (non-hydrogen) atoms. The van der Waals surface area contributed by atoms with Crippen LogP contribution < -0.4 is 5.32 Å². The second-order valence-corrected chi connectivity index (χ2v) is 6.15. The average Bonchev–Trinajstić information content (AvgIpc) is 2.99. The summed E-state index contributed by atoms with van der Waals surface area (Å²) in [7, 11) is 0. The van der Waals surface area contributed by atoms with E-state index in [0.717, 1.165) is 24.1 Å². The summed E-state index contributed by atoms with van der Waals surface area (Å²) in [5, 5.41) is 2.48. The van der Waals surface area contributed by atoms with Gasteiger partial charge in [0.05, 0.1) is 5.56 Å². The largest absolute Gasteiger partial charge is 0.416 e. The third-order valence-electron chi connectivity index (χ3n) is 4.18. The Kier molecular flexibility index (Phi) is 4.97. The molecule has 7 heteroatoms. The first-order valence-corrected chi connectivity index (χ1v) is 8.18. The number of amides is 2. The Morgan fingerprint density at radius 2 is 1.88 bits per heavy atom. The number of carbonyl (C=O) groups excluding carboxylic acids is 2. The van der Waals surface area contributed by atoms with E-state index in [1.807, 2.05) is 6.07 Å². The van der Waals surface area contributed by atoms with E-state index < -0.39 is 17.6 Å². The maximum absolute atomic E-state index is 12.8. The standard InChI is InChI=1S/C19H17F3N2O2/c20-19(21,22)15-6-2-7-16(11-15)23-18(26)14-5-1-4-13(10-14)12-24-9-3-8-17(24)25/h1-2,4-7,10-11H,3,8-9,12H2,(H,23,26). The number of nitrogens with one attached hydrogen (secondary N) is 1. The predicted octanol–water partition coefficient (Wildman–Crippen LogP) is 4.08. The van der Waals surface area contributed by atoms with Gasteiger partial charge in [-0.25, -0.2) is 0 Å². The average molecular weight is 362 g/mol. The fraction of sp³-hybridized carbons (Fsp3) is 0.263. The Labute approximate surface area is 148 Å². The Morgan fingerprint density at radius 3 is 2.58 bits per heavy atom. The van der Waals surface area contributed by atoms with Crippen LogP contribution in [-0.4, -0.2) is 23.3 Å². The number of halogens is 3. The van der Waals surface area contributed by atoms with Crippen molar-refractivity contribution >= 4 is 17.5 Å². The number of carbonyl (C=O) groups is 2. The molecule has 2 aromatic rings. The van der Waals surface area contributed by atoms with E-state index in [-0.39, 0.29) is 11.6 Å². The van der Waals surface area contributed by atoms with E-state index in [0.29, 0.717) is 25.1 Å². The van der Waals surface area contributed by atoms with Gasteiger partial charge in [0.1, 0.15) is 0 Å². The molecule has 1 saturated heterocycles. The lowest BCUT2D eigenvalue weighted by atomic mass is 10.1. The maximum Gasteiger partial charge on any atom is 0.416 e. The van der Waals surface area contributed by atoms with Gasteiger partial charge < -0.3 is 10.2 Å². The second kappa shape index (κ2) is 7.19. The molecule has 1 heterocycles. The van der Waals surface area contributed by atoms with Crippen LogP contribution >= 0.6 is 0 Å². The summed E-state index contributed by atoms with van der Waals surface area (Å²) in [6, 6.07) is 11.2. The highest BCUT2D eigenvalue weighted by atomic mass is 19.4. The zero-order valence-corrected chi connectivity index (χ0v) is 13.8. The van der Waals surface area contributed by atoms with Crippen LogP contribution in [0, 0.1) is 0 Å². The molecule has 1 aliphatic rings. The summed E-state index contributed by atoms with van der Waals surface area (Å²) in [4.78, 5) is 25.8. The van der Waals surface area contributed by atoms with Crippen molar-refractivity contribution < 1.29 is 22.8 Å². The van der Waals surface area contributed by atoms with E-state index in [1.54, 1.807) is 23.1 Å². The lowest BCUT2D eigenvalue weighted by Crippen LogP contribution is -2.24. The van der Waals surface area contributed by atoms with Gasteiger partial charge in [0, 0.05) is 30.8 Å². The fourth-order valence-electron chi connectivity index (χ4n) is 2.88. The molecule has 4 nitrogen and oxygen atoms in total. The Morgan fingerprint density at radius 1 is 1.12 bits per heavy atom.